The van der Waals surface area contributed by atoms with Crippen LogP contribution in [0.5, 0.6) is 5.75 Å². The molecule has 0 radical (unpaired) electrons. The first kappa shape index (κ1) is 30.5. The van der Waals surface area contributed by atoms with Crippen LogP contribution in [0.2, 0.25) is 0 Å². The second kappa shape index (κ2) is 12.3. The van der Waals surface area contributed by atoms with Crippen molar-refractivity contribution in [3.8, 4) is 5.75 Å². The monoisotopic (exact) mass is 598 g/mol. The van der Waals surface area contributed by atoms with Crippen molar-refractivity contribution in [1.82, 2.24) is 14.8 Å². The van der Waals surface area contributed by atoms with Gasteiger partial charge in [-0.05, 0) is 43.4 Å². The van der Waals surface area contributed by atoms with Crippen molar-refractivity contribution in [2.24, 2.45) is 5.92 Å². The number of nitrogens with one attached hydrogen (secondary N) is 2. The molecule has 6 nitrogen and oxygen atoms in total. The van der Waals surface area contributed by atoms with Gasteiger partial charge < -0.3 is 25.0 Å². The minimum absolute atomic E-state index is 0.0207. The highest BCUT2D eigenvalue weighted by molar-refractivity contribution is 5.86. The first-order chi connectivity index (χ1) is 20.0. The Hall–Kier alpha value is -2.96. The molecule has 3 heterocycles. The van der Waals surface area contributed by atoms with Crippen molar-refractivity contribution < 1.29 is 36.2 Å². The summed E-state index contributed by atoms with van der Waals surface area (Å²) in [5, 5.41) is 13.3. The zero-order valence-electron chi connectivity index (χ0n) is 23.5. The van der Waals surface area contributed by atoms with Gasteiger partial charge in [0.05, 0.1) is 24.8 Å². The number of fused-ring (bicyclic) bond motifs is 3. The molecule has 230 valence electrons. The Morgan fingerprint density at radius 1 is 1.17 bits per heavy atom. The van der Waals surface area contributed by atoms with Crippen LogP contribution in [0.1, 0.15) is 43.1 Å². The van der Waals surface area contributed by atoms with E-state index in [0.717, 1.165) is 6.54 Å². The van der Waals surface area contributed by atoms with Crippen LogP contribution in [0.15, 0.2) is 36.4 Å². The van der Waals surface area contributed by atoms with E-state index in [1.54, 1.807) is 31.2 Å². The number of rotatable bonds is 11. The molecule has 2 aliphatic rings. The molecule has 1 unspecified atom stereocenters. The first-order valence-corrected chi connectivity index (χ1v) is 14.2. The summed E-state index contributed by atoms with van der Waals surface area (Å²) >= 11 is 0. The number of para-hydroxylation sites is 1. The fraction of sp³-hybridized carbons (Fsp3) is 0.533. The summed E-state index contributed by atoms with van der Waals surface area (Å²) in [6.07, 6.45) is 0.742. The van der Waals surface area contributed by atoms with Crippen LogP contribution in [0.3, 0.4) is 0 Å². The van der Waals surface area contributed by atoms with Crippen LogP contribution in [-0.2, 0) is 6.42 Å². The Morgan fingerprint density at radius 2 is 1.95 bits per heavy atom. The third kappa shape index (κ3) is 6.21. The number of ether oxygens (including phenoxy) is 1. The highest BCUT2D eigenvalue weighted by Gasteiger charge is 2.43. The van der Waals surface area contributed by atoms with Gasteiger partial charge >= 0.3 is 6.61 Å². The highest BCUT2D eigenvalue weighted by atomic mass is 19.3. The molecule has 3 N–H and O–H groups in total. The van der Waals surface area contributed by atoms with Gasteiger partial charge in [-0.2, -0.15) is 8.78 Å². The Balaban J connectivity index is 1.56. The lowest BCUT2D eigenvalue weighted by atomic mass is 9.87. The van der Waals surface area contributed by atoms with Gasteiger partial charge in [0.15, 0.2) is 0 Å². The number of aromatic amines is 1. The number of halogens is 6. The topological polar surface area (TPSA) is 63.8 Å². The van der Waals surface area contributed by atoms with Gasteiger partial charge in [-0.1, -0.05) is 25.1 Å². The third-order valence-electron chi connectivity index (χ3n) is 8.41. The number of aromatic nitrogens is 1. The van der Waals surface area contributed by atoms with Gasteiger partial charge in [0.25, 0.3) is 5.92 Å². The maximum atomic E-state index is 14.8. The van der Waals surface area contributed by atoms with Crippen LogP contribution >= 0.6 is 0 Å². The molecular formula is C30H36F6N4O2. The zero-order valence-corrected chi connectivity index (χ0v) is 23.5. The van der Waals surface area contributed by atoms with E-state index >= 15 is 0 Å². The molecule has 0 aliphatic carbocycles. The Labute approximate surface area is 240 Å². The van der Waals surface area contributed by atoms with E-state index in [1.807, 2.05) is 0 Å². The molecular weight excluding hydrogens is 562 g/mol. The molecule has 3 aromatic rings. The molecule has 2 aromatic carbocycles. The quantitative estimate of drug-likeness (QED) is 0.238. The summed E-state index contributed by atoms with van der Waals surface area (Å²) in [5.74, 6) is -3.98. The molecule has 0 amide bonds. The number of H-pyrrole nitrogens is 1. The SMILES string of the molecule is C[C@@H]1Cc2c([nH]c3c(F)cccc23)C(c2ccc(N[C@@H]3CN(CCCF)C[C@@H]3C)cc2OC(F)F)N1CC(F)(F)CO. The molecule has 0 bridgehead atoms. The number of nitrogens with zero attached hydrogens (tertiary/aromatic N) is 2. The van der Waals surface area contributed by atoms with Crippen LogP contribution in [0.25, 0.3) is 10.9 Å². The average Bonchev–Trinajstić information content (AvgIpc) is 3.48. The van der Waals surface area contributed by atoms with Gasteiger partial charge in [0, 0.05) is 60.1 Å². The summed E-state index contributed by atoms with van der Waals surface area (Å²) < 4.78 is 89.2. The van der Waals surface area contributed by atoms with Gasteiger partial charge in [-0.25, -0.2) is 13.2 Å². The van der Waals surface area contributed by atoms with E-state index in [1.165, 1.54) is 17.0 Å². The van der Waals surface area contributed by atoms with Gasteiger partial charge in [-0.15, -0.1) is 0 Å². The standard InChI is InChI=1S/C30H36F6N4O2/c1-17-13-39(10-4-9-31)14-24(17)37-19-7-8-21(25(12-19)42-29(33)34)28-27-22(20-5-3-6-23(32)26(20)38-27)11-18(2)40(28)15-30(35,36)16-41/h3,5-8,12,17-18,24,28-29,37-38,41H,4,9-11,13-16H2,1-2H3/t17-,18+,24+,28?/m0/s1. The first-order valence-electron chi connectivity index (χ1n) is 14.2. The van der Waals surface area contributed by atoms with Crippen LogP contribution in [0, 0.1) is 11.7 Å². The summed E-state index contributed by atoms with van der Waals surface area (Å²) in [4.78, 5) is 6.64. The van der Waals surface area contributed by atoms with E-state index in [-0.39, 0.29) is 28.8 Å². The van der Waals surface area contributed by atoms with Crippen molar-refractivity contribution >= 4 is 16.6 Å². The van der Waals surface area contributed by atoms with Gasteiger partial charge in [0.2, 0.25) is 0 Å². The maximum absolute atomic E-state index is 14.8. The van der Waals surface area contributed by atoms with Gasteiger partial charge in [0.1, 0.15) is 18.2 Å². The minimum atomic E-state index is -3.47. The molecule has 12 heteroatoms. The molecule has 0 saturated carbocycles. The molecule has 1 aromatic heterocycles. The normalized spacial score (nSPS) is 23.6. The number of likely N-dealkylation sites (tertiary alicyclic amines) is 1. The fourth-order valence-electron chi connectivity index (χ4n) is 6.43. The number of hydrogen-bond donors (Lipinski definition) is 3. The summed E-state index contributed by atoms with van der Waals surface area (Å²) in [6, 6.07) is 7.73. The average molecular weight is 599 g/mol. The Morgan fingerprint density at radius 3 is 2.67 bits per heavy atom. The molecule has 0 spiro atoms. The Kier molecular flexibility index (Phi) is 8.96. The number of anilines is 1. The number of aliphatic hydroxyl groups is 1. The number of hydrogen-bond acceptors (Lipinski definition) is 5. The van der Waals surface area contributed by atoms with E-state index in [2.05, 4.69) is 22.1 Å². The lowest BCUT2D eigenvalue weighted by molar-refractivity contribution is -0.0874. The Bertz CT molecular complexity index is 1390. The van der Waals surface area contributed by atoms with E-state index in [9.17, 15) is 31.4 Å². The number of alkyl halides is 5. The predicted octanol–water partition coefficient (Wildman–Crippen LogP) is 5.96. The van der Waals surface area contributed by atoms with E-state index < -0.39 is 50.3 Å². The molecule has 4 atom stereocenters. The summed E-state index contributed by atoms with van der Waals surface area (Å²) in [5.41, 5.74) is 2.05. The van der Waals surface area contributed by atoms with E-state index in [4.69, 9.17) is 4.74 Å². The number of benzene rings is 2. The van der Waals surface area contributed by atoms with Crippen LogP contribution < -0.4 is 10.1 Å². The summed E-state index contributed by atoms with van der Waals surface area (Å²) in [6.45, 7) is 0.0135. The van der Waals surface area contributed by atoms with Crippen LogP contribution in [-0.4, -0.2) is 84.0 Å². The van der Waals surface area contributed by atoms with E-state index in [0.29, 0.717) is 48.3 Å². The highest BCUT2D eigenvalue weighted by Crippen LogP contribution is 2.45. The smallest absolute Gasteiger partial charge is 0.387 e. The van der Waals surface area contributed by atoms with Crippen LogP contribution in [0.4, 0.5) is 32.0 Å². The fourth-order valence-corrected chi connectivity index (χ4v) is 6.43. The van der Waals surface area contributed by atoms with Crippen molar-refractivity contribution in [2.45, 2.75) is 57.3 Å². The van der Waals surface area contributed by atoms with Crippen molar-refractivity contribution in [1.29, 1.82) is 0 Å². The second-order valence-electron chi connectivity index (χ2n) is 11.5. The van der Waals surface area contributed by atoms with Gasteiger partial charge in [-0.3, -0.25) is 9.29 Å². The lowest BCUT2D eigenvalue weighted by Gasteiger charge is -2.42. The largest absolute Gasteiger partial charge is 0.434 e. The van der Waals surface area contributed by atoms with Crippen molar-refractivity contribution in [2.75, 3.05) is 44.8 Å². The molecule has 1 fully saturated rings. The zero-order chi connectivity index (χ0) is 30.2. The maximum Gasteiger partial charge on any atom is 0.387 e. The minimum Gasteiger partial charge on any atom is -0.434 e. The lowest BCUT2D eigenvalue weighted by Crippen LogP contribution is -2.49. The molecule has 2 aliphatic heterocycles. The van der Waals surface area contributed by atoms with Crippen molar-refractivity contribution in [3.05, 3.63) is 59.0 Å². The second-order valence-corrected chi connectivity index (χ2v) is 11.5. The molecule has 42 heavy (non-hydrogen) atoms. The molecule has 5 rings (SSSR count). The summed E-state index contributed by atoms with van der Waals surface area (Å²) in [7, 11) is 0. The number of aliphatic hydroxyl groups excluding tert-OH is 1. The predicted molar refractivity (Wildman–Crippen MR) is 149 cm³/mol. The third-order valence-corrected chi connectivity index (χ3v) is 8.41. The van der Waals surface area contributed by atoms with Crippen molar-refractivity contribution in [3.63, 3.8) is 0 Å². The molecule has 1 saturated heterocycles.